The number of rotatable bonds is 10. The molecule has 3 fully saturated rings. The monoisotopic (exact) mass is 694 g/mol. The van der Waals surface area contributed by atoms with Crippen LogP contribution in [-0.2, 0) is 42.9 Å². The summed E-state index contributed by atoms with van der Waals surface area (Å²) in [4.78, 5) is 58.0. The summed E-state index contributed by atoms with van der Waals surface area (Å²) in [6.07, 6.45) is -0.662. The highest BCUT2D eigenvalue weighted by Crippen LogP contribution is 2.44. The van der Waals surface area contributed by atoms with Crippen molar-refractivity contribution in [3.05, 3.63) is 120 Å². The third-order valence-electron chi connectivity index (χ3n) is 9.43. The molecule has 3 aromatic rings. The number of hydrogen-bond acceptors (Lipinski definition) is 10. The molecule has 0 unspecified atom stereocenters. The molecule has 0 bridgehead atoms. The van der Waals surface area contributed by atoms with Crippen molar-refractivity contribution in [1.82, 2.24) is 4.90 Å². The minimum Gasteiger partial charge on any atom is -0.501 e. The molecule has 3 aliphatic heterocycles. The number of carbonyl (C=O) groups excluding carboxylic acids is 4. The maximum atomic E-state index is 13.8. The van der Waals surface area contributed by atoms with Crippen molar-refractivity contribution < 1.29 is 47.6 Å². The Kier molecular flexibility index (Phi) is 9.13. The summed E-state index contributed by atoms with van der Waals surface area (Å²) in [5.74, 6) is -2.73. The summed E-state index contributed by atoms with van der Waals surface area (Å²) >= 11 is 0. The fourth-order valence-electron chi connectivity index (χ4n) is 6.92. The van der Waals surface area contributed by atoms with Gasteiger partial charge < -0.3 is 33.3 Å². The Morgan fingerprint density at radius 2 is 1.18 bits per heavy atom. The van der Waals surface area contributed by atoms with Crippen LogP contribution in [0.3, 0.4) is 0 Å². The maximum Gasteiger partial charge on any atom is 0.339 e. The van der Waals surface area contributed by atoms with Crippen LogP contribution in [-0.4, -0.2) is 73.1 Å². The van der Waals surface area contributed by atoms with Gasteiger partial charge in [-0.1, -0.05) is 60.7 Å². The lowest BCUT2D eigenvalue weighted by atomic mass is 9.88. The summed E-state index contributed by atoms with van der Waals surface area (Å²) in [6.45, 7) is 3.10. The second-order valence-electron chi connectivity index (χ2n) is 13.0. The van der Waals surface area contributed by atoms with Crippen molar-refractivity contribution in [3.63, 3.8) is 0 Å². The van der Waals surface area contributed by atoms with Gasteiger partial charge in [0.15, 0.2) is 18.0 Å². The zero-order chi connectivity index (χ0) is 35.9. The van der Waals surface area contributed by atoms with Crippen LogP contribution in [0, 0.1) is 0 Å². The lowest BCUT2D eigenvalue weighted by Crippen LogP contribution is -2.62. The Morgan fingerprint density at radius 1 is 0.667 bits per heavy atom. The number of allylic oxidation sites excluding steroid dienone is 4. The van der Waals surface area contributed by atoms with Crippen LogP contribution >= 0.6 is 0 Å². The number of nitrogens with zero attached hydrogens (tertiary/aromatic N) is 2. The summed E-state index contributed by atoms with van der Waals surface area (Å²) in [6, 6.07) is 24.2. The molecule has 0 radical (unpaired) electrons. The van der Waals surface area contributed by atoms with E-state index < -0.39 is 66.0 Å². The number of benzene rings is 3. The molecule has 12 heteroatoms. The van der Waals surface area contributed by atoms with Crippen LogP contribution in [0.15, 0.2) is 109 Å². The maximum absolute atomic E-state index is 13.8. The molecule has 0 aromatic heterocycles. The molecule has 3 aromatic carbocycles. The Morgan fingerprint density at radius 3 is 1.65 bits per heavy atom. The molecule has 0 N–H and O–H groups in total. The molecule has 12 nitrogen and oxygen atoms in total. The predicted octanol–water partition coefficient (Wildman–Crippen LogP) is 4.92. The van der Waals surface area contributed by atoms with Crippen LogP contribution in [0.4, 0.5) is 5.69 Å². The van der Waals surface area contributed by atoms with Crippen molar-refractivity contribution in [1.29, 1.82) is 0 Å². The molecular weight excluding hydrogens is 656 g/mol. The van der Waals surface area contributed by atoms with Crippen molar-refractivity contribution in [3.8, 4) is 5.75 Å². The summed E-state index contributed by atoms with van der Waals surface area (Å²) < 4.78 is 34.0. The Hall–Kier alpha value is -5.46. The van der Waals surface area contributed by atoms with Gasteiger partial charge in [-0.05, 0) is 67.8 Å². The summed E-state index contributed by atoms with van der Waals surface area (Å²) in [5.41, 5.74) is 2.88. The van der Waals surface area contributed by atoms with Gasteiger partial charge in [0.2, 0.25) is 12.2 Å². The Balaban J connectivity index is 1.10. The lowest BCUT2D eigenvalue weighted by molar-refractivity contribution is -0.191. The smallest absolute Gasteiger partial charge is 0.339 e. The molecule has 4 aliphatic rings. The first-order valence-corrected chi connectivity index (χ1v) is 16.7. The first kappa shape index (κ1) is 34.0. The fourth-order valence-corrected chi connectivity index (χ4v) is 6.92. The van der Waals surface area contributed by atoms with Crippen LogP contribution < -0.4 is 9.64 Å². The second-order valence-corrected chi connectivity index (χ2v) is 13.0. The highest BCUT2D eigenvalue weighted by atomic mass is 16.8. The number of carbonyl (C=O) groups is 4. The number of likely N-dealkylation sites (tertiary alicyclic amines) is 1. The van der Waals surface area contributed by atoms with Gasteiger partial charge in [0, 0.05) is 17.8 Å². The number of esters is 2. The standard InChI is InChI=1S/C39H38N2O10/c1-39(2)50-33(37(44)48-31-29(23-11-7-5-8-12-23)40(35(31)42)25-15-19-27(46-3)20-16-25)34(51-39)38(45)49-32-30(24-13-9-6-10-14-24)41(36(32)43)26-17-21-28(47-4)22-18-26/h5-17,19-21,29-34H,18,22H2,1-4H3/t29-,30-,31+,32+,33+,34+/m0/s1. The number of methoxy groups -OCH3 is 2. The van der Waals surface area contributed by atoms with Gasteiger partial charge >= 0.3 is 11.9 Å². The number of anilines is 1. The predicted molar refractivity (Wildman–Crippen MR) is 182 cm³/mol. The van der Waals surface area contributed by atoms with E-state index in [1.807, 2.05) is 72.8 Å². The van der Waals surface area contributed by atoms with Gasteiger partial charge in [0.1, 0.15) is 17.8 Å². The molecule has 6 atom stereocenters. The number of hydrogen-bond donors (Lipinski definition) is 0. The van der Waals surface area contributed by atoms with Gasteiger partial charge in [0.25, 0.3) is 11.8 Å². The largest absolute Gasteiger partial charge is 0.501 e. The van der Waals surface area contributed by atoms with Gasteiger partial charge in [-0.15, -0.1) is 0 Å². The molecule has 0 saturated carbocycles. The average molecular weight is 695 g/mol. The Labute approximate surface area is 295 Å². The van der Waals surface area contributed by atoms with Gasteiger partial charge in [0.05, 0.1) is 20.0 Å². The molecule has 264 valence electrons. The van der Waals surface area contributed by atoms with Gasteiger partial charge in [-0.2, -0.15) is 0 Å². The van der Waals surface area contributed by atoms with Crippen molar-refractivity contribution >= 4 is 29.4 Å². The third kappa shape index (κ3) is 6.36. The molecule has 1 aliphatic carbocycles. The highest BCUT2D eigenvalue weighted by Gasteiger charge is 2.58. The SMILES string of the molecule is COC1=CC=C(N2C(=O)[C@H](OC(=O)[C@@H]3OC(C)(C)O[C@H]3C(=O)O[C@H]3C(=O)N(c4ccc(OC)cc4)[C@H]3c3ccccc3)[C@@H]2c2ccccc2)CC1. The number of amides is 2. The van der Waals surface area contributed by atoms with Crippen LogP contribution in [0.25, 0.3) is 0 Å². The lowest BCUT2D eigenvalue weighted by Gasteiger charge is -2.48. The van der Waals surface area contributed by atoms with Crippen LogP contribution in [0.5, 0.6) is 5.75 Å². The molecule has 3 saturated heterocycles. The van der Waals surface area contributed by atoms with E-state index in [1.165, 1.54) is 0 Å². The van der Waals surface area contributed by atoms with E-state index in [2.05, 4.69) is 0 Å². The van der Waals surface area contributed by atoms with Crippen LogP contribution in [0.1, 0.15) is 49.9 Å². The summed E-state index contributed by atoms with van der Waals surface area (Å²) in [7, 11) is 3.15. The zero-order valence-electron chi connectivity index (χ0n) is 28.6. The van der Waals surface area contributed by atoms with E-state index in [1.54, 1.807) is 62.1 Å². The molecule has 7 rings (SSSR count). The van der Waals surface area contributed by atoms with E-state index in [-0.39, 0.29) is 0 Å². The highest BCUT2D eigenvalue weighted by molar-refractivity contribution is 6.06. The third-order valence-corrected chi connectivity index (χ3v) is 9.43. The quantitative estimate of drug-likeness (QED) is 0.213. The summed E-state index contributed by atoms with van der Waals surface area (Å²) in [5, 5.41) is 0. The first-order valence-electron chi connectivity index (χ1n) is 16.7. The number of ether oxygens (including phenoxy) is 6. The number of β-lactam (4-membered cyclic amide) rings is 2. The Bertz CT molecular complexity index is 1870. The fraction of sp³-hybridized carbons (Fsp3) is 0.333. The molecular formula is C39H38N2O10. The normalized spacial score (nSPS) is 26.7. The van der Waals surface area contributed by atoms with Gasteiger partial charge in [-0.25, -0.2) is 9.59 Å². The van der Waals surface area contributed by atoms with E-state index in [9.17, 15) is 19.2 Å². The van der Waals surface area contributed by atoms with E-state index in [4.69, 9.17) is 28.4 Å². The van der Waals surface area contributed by atoms with Crippen molar-refractivity contribution in [2.75, 3.05) is 19.1 Å². The molecule has 2 amide bonds. The first-order chi connectivity index (χ1) is 24.6. The molecule has 51 heavy (non-hydrogen) atoms. The topological polar surface area (TPSA) is 130 Å². The zero-order valence-corrected chi connectivity index (χ0v) is 28.6. The van der Waals surface area contributed by atoms with E-state index in [0.29, 0.717) is 24.3 Å². The van der Waals surface area contributed by atoms with Crippen molar-refractivity contribution in [2.24, 2.45) is 0 Å². The molecule has 0 spiro atoms. The van der Waals surface area contributed by atoms with E-state index >= 15 is 0 Å². The minimum absolute atomic E-state index is 0.403. The minimum atomic E-state index is -1.56. The second kappa shape index (κ2) is 13.7. The van der Waals surface area contributed by atoms with E-state index in [0.717, 1.165) is 22.6 Å². The van der Waals surface area contributed by atoms with Gasteiger partial charge in [-0.3, -0.25) is 14.5 Å². The molecule has 3 heterocycles. The van der Waals surface area contributed by atoms with Crippen molar-refractivity contribution in [2.45, 2.75) is 69.0 Å². The van der Waals surface area contributed by atoms with Crippen LogP contribution in [0.2, 0.25) is 0 Å². The average Bonchev–Trinajstić information content (AvgIpc) is 3.49.